The summed E-state index contributed by atoms with van der Waals surface area (Å²) in [7, 11) is 0. The average molecular weight is 233 g/mol. The SMILES string of the molecule is CCCNc1nccn1CC(C1CC1)C1CC1. The van der Waals surface area contributed by atoms with Crippen molar-refractivity contribution in [2.75, 3.05) is 11.9 Å². The van der Waals surface area contributed by atoms with Crippen LogP contribution in [0.25, 0.3) is 0 Å². The number of anilines is 1. The largest absolute Gasteiger partial charge is 0.356 e. The van der Waals surface area contributed by atoms with Gasteiger partial charge in [0, 0.05) is 25.5 Å². The minimum atomic E-state index is 0.923. The van der Waals surface area contributed by atoms with E-state index in [1.54, 1.807) is 0 Å². The van der Waals surface area contributed by atoms with Crippen molar-refractivity contribution in [1.82, 2.24) is 9.55 Å². The number of rotatable bonds is 7. The first-order valence-electron chi connectivity index (χ1n) is 7.13. The summed E-state index contributed by atoms with van der Waals surface area (Å²) in [4.78, 5) is 4.42. The van der Waals surface area contributed by atoms with Gasteiger partial charge in [0.05, 0.1) is 0 Å². The molecule has 2 saturated carbocycles. The maximum atomic E-state index is 4.42. The molecule has 17 heavy (non-hydrogen) atoms. The molecule has 0 amide bonds. The van der Waals surface area contributed by atoms with Gasteiger partial charge in [0.2, 0.25) is 5.95 Å². The van der Waals surface area contributed by atoms with Gasteiger partial charge in [-0.15, -0.1) is 0 Å². The van der Waals surface area contributed by atoms with Gasteiger partial charge >= 0.3 is 0 Å². The first-order valence-corrected chi connectivity index (χ1v) is 7.13. The minimum absolute atomic E-state index is 0.923. The standard InChI is InChI=1S/C14H23N3/c1-2-7-15-14-16-8-9-17(14)10-13(11-3-4-11)12-5-6-12/h8-9,11-13H,2-7,10H2,1H3,(H,15,16). The van der Waals surface area contributed by atoms with Gasteiger partial charge in [0.25, 0.3) is 0 Å². The first-order chi connectivity index (χ1) is 8.38. The van der Waals surface area contributed by atoms with E-state index in [2.05, 4.69) is 28.0 Å². The van der Waals surface area contributed by atoms with Crippen LogP contribution in [0.1, 0.15) is 39.0 Å². The van der Waals surface area contributed by atoms with Crippen LogP contribution in [0.15, 0.2) is 12.4 Å². The van der Waals surface area contributed by atoms with Crippen molar-refractivity contribution < 1.29 is 0 Å². The van der Waals surface area contributed by atoms with Crippen LogP contribution >= 0.6 is 0 Å². The lowest BCUT2D eigenvalue weighted by Gasteiger charge is -2.18. The van der Waals surface area contributed by atoms with Crippen molar-refractivity contribution in [1.29, 1.82) is 0 Å². The molecule has 0 aromatic carbocycles. The zero-order valence-electron chi connectivity index (χ0n) is 10.7. The third kappa shape index (κ3) is 2.64. The van der Waals surface area contributed by atoms with Crippen LogP contribution in [-0.2, 0) is 6.54 Å². The zero-order valence-corrected chi connectivity index (χ0v) is 10.7. The van der Waals surface area contributed by atoms with Gasteiger partial charge in [-0.2, -0.15) is 0 Å². The molecule has 1 heterocycles. The average Bonchev–Trinajstić information content (AvgIpc) is 3.23. The Hall–Kier alpha value is -0.990. The summed E-state index contributed by atoms with van der Waals surface area (Å²) in [6.45, 7) is 4.40. The Morgan fingerprint density at radius 2 is 2.06 bits per heavy atom. The van der Waals surface area contributed by atoms with Gasteiger partial charge in [-0.05, 0) is 49.9 Å². The molecule has 0 aliphatic heterocycles. The second-order valence-corrected chi connectivity index (χ2v) is 5.67. The number of nitrogens with one attached hydrogen (secondary N) is 1. The molecule has 3 rings (SSSR count). The molecule has 2 aliphatic rings. The topological polar surface area (TPSA) is 29.9 Å². The molecule has 0 bridgehead atoms. The predicted molar refractivity (Wildman–Crippen MR) is 69.9 cm³/mol. The van der Waals surface area contributed by atoms with E-state index in [-0.39, 0.29) is 0 Å². The fourth-order valence-electron chi connectivity index (χ4n) is 2.82. The summed E-state index contributed by atoms with van der Waals surface area (Å²) in [6, 6.07) is 0. The molecular weight excluding hydrogens is 210 g/mol. The molecule has 2 fully saturated rings. The van der Waals surface area contributed by atoms with E-state index in [0.717, 1.165) is 36.7 Å². The third-order valence-electron chi connectivity index (χ3n) is 4.11. The number of hydrogen-bond acceptors (Lipinski definition) is 2. The van der Waals surface area contributed by atoms with Crippen molar-refractivity contribution in [2.24, 2.45) is 17.8 Å². The molecule has 3 heteroatoms. The van der Waals surface area contributed by atoms with E-state index < -0.39 is 0 Å². The second-order valence-electron chi connectivity index (χ2n) is 5.67. The van der Waals surface area contributed by atoms with Crippen LogP contribution in [0.2, 0.25) is 0 Å². The highest BCUT2D eigenvalue weighted by Gasteiger charge is 2.41. The fourth-order valence-corrected chi connectivity index (χ4v) is 2.82. The quantitative estimate of drug-likeness (QED) is 0.784. The summed E-state index contributed by atoms with van der Waals surface area (Å²) in [5, 5.41) is 3.42. The lowest BCUT2D eigenvalue weighted by atomic mass is 9.98. The highest BCUT2D eigenvalue weighted by atomic mass is 15.2. The van der Waals surface area contributed by atoms with Crippen LogP contribution in [0.3, 0.4) is 0 Å². The molecule has 0 spiro atoms. The number of nitrogens with zero attached hydrogens (tertiary/aromatic N) is 2. The Kier molecular flexibility index (Phi) is 3.08. The first kappa shape index (κ1) is 11.1. The van der Waals surface area contributed by atoms with Gasteiger partial charge in [0.15, 0.2) is 0 Å². The molecule has 0 atom stereocenters. The van der Waals surface area contributed by atoms with Crippen LogP contribution in [0, 0.1) is 17.8 Å². The lowest BCUT2D eigenvalue weighted by molar-refractivity contribution is 0.350. The number of hydrogen-bond donors (Lipinski definition) is 1. The summed E-state index contributed by atoms with van der Waals surface area (Å²) >= 11 is 0. The van der Waals surface area contributed by atoms with Gasteiger partial charge in [0.1, 0.15) is 0 Å². The summed E-state index contributed by atoms with van der Waals surface area (Å²) < 4.78 is 2.33. The molecule has 94 valence electrons. The van der Waals surface area contributed by atoms with Gasteiger partial charge in [-0.3, -0.25) is 0 Å². The molecular formula is C14H23N3. The summed E-state index contributed by atoms with van der Waals surface area (Å²) in [6.07, 6.45) is 11.1. The lowest BCUT2D eigenvalue weighted by Crippen LogP contribution is -2.17. The summed E-state index contributed by atoms with van der Waals surface area (Å²) in [5.74, 6) is 4.03. The highest BCUT2D eigenvalue weighted by Crippen LogP contribution is 2.50. The number of aromatic nitrogens is 2. The highest BCUT2D eigenvalue weighted by molar-refractivity contribution is 5.25. The van der Waals surface area contributed by atoms with Crippen LogP contribution in [0.4, 0.5) is 5.95 Å². The maximum absolute atomic E-state index is 4.42. The van der Waals surface area contributed by atoms with Crippen LogP contribution in [0.5, 0.6) is 0 Å². The second kappa shape index (κ2) is 4.71. The Bertz CT molecular complexity index is 351. The van der Waals surface area contributed by atoms with Crippen LogP contribution in [-0.4, -0.2) is 16.1 Å². The maximum Gasteiger partial charge on any atom is 0.202 e. The molecule has 0 unspecified atom stereocenters. The zero-order chi connectivity index (χ0) is 11.7. The van der Waals surface area contributed by atoms with Crippen molar-refractivity contribution in [3.05, 3.63) is 12.4 Å². The molecule has 1 aromatic rings. The Morgan fingerprint density at radius 3 is 2.65 bits per heavy atom. The monoisotopic (exact) mass is 233 g/mol. The minimum Gasteiger partial charge on any atom is -0.356 e. The van der Waals surface area contributed by atoms with E-state index in [1.807, 2.05) is 6.20 Å². The molecule has 1 aromatic heterocycles. The molecule has 0 saturated heterocycles. The van der Waals surface area contributed by atoms with E-state index >= 15 is 0 Å². The van der Waals surface area contributed by atoms with Crippen molar-refractivity contribution >= 4 is 5.95 Å². The Balaban J connectivity index is 1.64. The van der Waals surface area contributed by atoms with Crippen LogP contribution < -0.4 is 5.32 Å². The molecule has 1 N–H and O–H groups in total. The van der Waals surface area contributed by atoms with Crippen molar-refractivity contribution in [2.45, 2.75) is 45.6 Å². The molecule has 3 nitrogen and oxygen atoms in total. The smallest absolute Gasteiger partial charge is 0.202 e. The number of imidazole rings is 1. The normalized spacial score (nSPS) is 19.9. The molecule has 2 aliphatic carbocycles. The fraction of sp³-hybridized carbons (Fsp3) is 0.786. The Morgan fingerprint density at radius 1 is 1.35 bits per heavy atom. The van der Waals surface area contributed by atoms with E-state index in [4.69, 9.17) is 0 Å². The van der Waals surface area contributed by atoms with Gasteiger partial charge in [-0.25, -0.2) is 4.98 Å². The van der Waals surface area contributed by atoms with Crippen molar-refractivity contribution in [3.8, 4) is 0 Å². The third-order valence-corrected chi connectivity index (χ3v) is 4.11. The predicted octanol–water partition coefficient (Wildman–Crippen LogP) is 3.14. The van der Waals surface area contributed by atoms with Crippen molar-refractivity contribution in [3.63, 3.8) is 0 Å². The van der Waals surface area contributed by atoms with E-state index in [9.17, 15) is 0 Å². The van der Waals surface area contributed by atoms with E-state index in [0.29, 0.717) is 0 Å². The van der Waals surface area contributed by atoms with Gasteiger partial charge in [-0.1, -0.05) is 6.92 Å². The van der Waals surface area contributed by atoms with Gasteiger partial charge < -0.3 is 9.88 Å². The molecule has 0 radical (unpaired) electrons. The summed E-state index contributed by atoms with van der Waals surface area (Å²) in [5.41, 5.74) is 0. The van der Waals surface area contributed by atoms with E-state index in [1.165, 1.54) is 32.2 Å². The Labute approximate surface area is 104 Å².